The van der Waals surface area contributed by atoms with Gasteiger partial charge in [-0.3, -0.25) is 14.4 Å². The van der Waals surface area contributed by atoms with Gasteiger partial charge in [-0.15, -0.1) is 11.8 Å². The van der Waals surface area contributed by atoms with Gasteiger partial charge in [0.1, 0.15) is 24.4 Å². The molecule has 0 fully saturated rings. The van der Waals surface area contributed by atoms with Crippen LogP contribution in [0.4, 0.5) is 0 Å². The Morgan fingerprint density at radius 2 is 2.13 bits per heavy atom. The number of rotatable bonds is 8. The Hall–Kier alpha value is -2.27. The highest BCUT2D eigenvalue weighted by Gasteiger charge is 2.45. The van der Waals surface area contributed by atoms with Crippen molar-refractivity contribution in [1.82, 2.24) is 15.5 Å². The number of unbranched alkanes of at least 4 members (excludes halogenated alkanes) is 2. The fourth-order valence-corrected chi connectivity index (χ4v) is 4.48. The molecule has 30 heavy (non-hydrogen) atoms. The Kier molecular flexibility index (Phi) is 7.97. The van der Waals surface area contributed by atoms with Crippen LogP contribution in [0, 0.1) is 0 Å². The van der Waals surface area contributed by atoms with Crippen LogP contribution in [0.2, 0.25) is 0 Å². The van der Waals surface area contributed by atoms with Crippen LogP contribution >= 0.6 is 11.8 Å². The van der Waals surface area contributed by atoms with Crippen LogP contribution < -0.4 is 10.6 Å². The van der Waals surface area contributed by atoms with E-state index in [1.165, 1.54) is 11.1 Å². The molecule has 2 bridgehead atoms. The maximum Gasteiger partial charge on any atom is 0.326 e. The zero-order valence-electron chi connectivity index (χ0n) is 17.8. The van der Waals surface area contributed by atoms with E-state index < -0.39 is 54.5 Å². The molecule has 2 rings (SSSR count). The molecule has 10 nitrogen and oxygen atoms in total. The van der Waals surface area contributed by atoms with Gasteiger partial charge >= 0.3 is 11.9 Å². The van der Waals surface area contributed by atoms with Gasteiger partial charge in [0.15, 0.2) is 0 Å². The highest BCUT2D eigenvalue weighted by atomic mass is 32.2. The predicted octanol–water partition coefficient (Wildman–Crippen LogP) is 0.468. The van der Waals surface area contributed by atoms with Gasteiger partial charge < -0.3 is 30.9 Å². The zero-order chi connectivity index (χ0) is 23.2. The number of hydrogen-bond donors (Lipinski definition) is 5. The summed E-state index contributed by atoms with van der Waals surface area (Å²) in [5, 5.41) is 34.6. The summed E-state index contributed by atoms with van der Waals surface area (Å²) in [4.78, 5) is 49.0. The summed E-state index contributed by atoms with van der Waals surface area (Å²) in [7, 11) is 0. The Morgan fingerprint density at radius 3 is 2.77 bits per heavy atom. The van der Waals surface area contributed by atoms with E-state index in [-0.39, 0.29) is 25.0 Å². The molecule has 11 heteroatoms. The van der Waals surface area contributed by atoms with E-state index in [0.717, 1.165) is 24.6 Å². The van der Waals surface area contributed by atoms with Crippen molar-refractivity contribution in [2.45, 2.75) is 69.7 Å². The standard InChI is InChI=1S/C19H29N3O7S/c1-2-3-4-7-19(29)8-12-10-22(19)14(18(27)28)5-6-15(23)21-13(11-30-12)17(26)20-9-16(24)25/h10,13-14,29H,2-9,11H2,1H3,(H,20,26)(H,21,23)(H,24,25)(H,27,28)/t13-,14-,19?/m0/s1/i8D/t8?,13-,14-,19?. The largest absolute Gasteiger partial charge is 0.480 e. The topological polar surface area (TPSA) is 156 Å². The highest BCUT2D eigenvalue weighted by Crippen LogP contribution is 2.41. The number of aliphatic hydroxyl groups is 1. The molecule has 2 heterocycles. The summed E-state index contributed by atoms with van der Waals surface area (Å²) in [6.45, 7) is 1.39. The Bertz CT molecular complexity index is 750. The zero-order valence-corrected chi connectivity index (χ0v) is 17.6. The average Bonchev–Trinajstić information content (AvgIpc) is 2.92. The monoisotopic (exact) mass is 444 g/mol. The average molecular weight is 445 g/mol. The number of carbonyl (C=O) groups is 4. The van der Waals surface area contributed by atoms with E-state index in [0.29, 0.717) is 11.3 Å². The molecule has 0 aromatic heterocycles. The number of thioether (sulfide) groups is 1. The van der Waals surface area contributed by atoms with Gasteiger partial charge in [-0.25, -0.2) is 4.79 Å². The number of amides is 2. The molecule has 0 saturated carbocycles. The summed E-state index contributed by atoms with van der Waals surface area (Å²) >= 11 is 1.06. The second-order valence-corrected chi connectivity index (χ2v) is 8.45. The summed E-state index contributed by atoms with van der Waals surface area (Å²) < 4.78 is 8.58. The van der Waals surface area contributed by atoms with Crippen LogP contribution in [-0.2, 0) is 19.2 Å². The second-order valence-electron chi connectivity index (χ2n) is 7.35. The van der Waals surface area contributed by atoms with Crippen LogP contribution in [0.5, 0.6) is 0 Å². The maximum atomic E-state index is 12.3. The van der Waals surface area contributed by atoms with E-state index in [9.17, 15) is 29.4 Å². The molecular formula is C19H29N3O7S. The fraction of sp³-hybridized carbons (Fsp3) is 0.684. The molecular weight excluding hydrogens is 414 g/mol. The molecule has 2 aliphatic heterocycles. The molecule has 2 aliphatic rings. The third-order valence-electron chi connectivity index (χ3n) is 4.98. The molecule has 0 spiro atoms. The molecule has 0 saturated heterocycles. The van der Waals surface area contributed by atoms with Crippen LogP contribution in [-0.4, -0.2) is 74.1 Å². The first-order valence-corrected chi connectivity index (χ1v) is 10.9. The SMILES string of the molecule is [2H]C1C2=CN([C@H](C(=O)O)CCC(=O)N[C@H](C(=O)NCC(=O)O)CS2)C1(O)CCCCC. The van der Waals surface area contributed by atoms with E-state index >= 15 is 0 Å². The van der Waals surface area contributed by atoms with Crippen molar-refractivity contribution >= 4 is 35.5 Å². The van der Waals surface area contributed by atoms with E-state index in [4.69, 9.17) is 6.48 Å². The van der Waals surface area contributed by atoms with Gasteiger partial charge in [0, 0.05) is 31.0 Å². The van der Waals surface area contributed by atoms with E-state index in [2.05, 4.69) is 10.6 Å². The number of fused-ring (bicyclic) bond motifs is 1. The first kappa shape index (κ1) is 22.4. The molecule has 0 aromatic rings. The van der Waals surface area contributed by atoms with E-state index in [1.807, 2.05) is 6.92 Å². The van der Waals surface area contributed by atoms with Crippen molar-refractivity contribution in [3.63, 3.8) is 0 Å². The lowest BCUT2D eigenvalue weighted by Crippen LogP contribution is -2.52. The van der Waals surface area contributed by atoms with Crippen molar-refractivity contribution < 1.29 is 35.9 Å². The van der Waals surface area contributed by atoms with Gasteiger partial charge in [-0.2, -0.15) is 0 Å². The van der Waals surface area contributed by atoms with Crippen LogP contribution in [0.1, 0.15) is 53.2 Å². The van der Waals surface area contributed by atoms with Gasteiger partial charge in [-0.05, 0) is 19.3 Å². The quantitative estimate of drug-likeness (QED) is 0.336. The molecule has 4 atom stereocenters. The smallest absolute Gasteiger partial charge is 0.326 e. The van der Waals surface area contributed by atoms with Crippen molar-refractivity contribution in [3.05, 3.63) is 11.1 Å². The summed E-state index contributed by atoms with van der Waals surface area (Å²) in [5.41, 5.74) is -1.72. The Morgan fingerprint density at radius 1 is 1.40 bits per heavy atom. The minimum absolute atomic E-state index is 0.00895. The molecule has 2 unspecified atom stereocenters. The van der Waals surface area contributed by atoms with Crippen molar-refractivity contribution in [2.75, 3.05) is 12.3 Å². The van der Waals surface area contributed by atoms with E-state index in [1.54, 1.807) is 0 Å². The first-order valence-electron chi connectivity index (χ1n) is 10.5. The number of carbonyl (C=O) groups excluding carboxylic acids is 2. The van der Waals surface area contributed by atoms with Gasteiger partial charge in [-0.1, -0.05) is 19.8 Å². The Balaban J connectivity index is 2.29. The molecule has 2 amide bonds. The third-order valence-corrected chi connectivity index (χ3v) is 6.04. The van der Waals surface area contributed by atoms with Crippen LogP contribution in [0.25, 0.3) is 0 Å². The maximum absolute atomic E-state index is 12.3. The first-order chi connectivity index (χ1) is 14.6. The van der Waals surface area contributed by atoms with Crippen molar-refractivity contribution in [3.8, 4) is 0 Å². The summed E-state index contributed by atoms with van der Waals surface area (Å²) in [6, 6.07) is -2.27. The number of hydrogen-bond acceptors (Lipinski definition) is 7. The number of nitrogens with one attached hydrogen (secondary N) is 2. The predicted molar refractivity (Wildman–Crippen MR) is 109 cm³/mol. The molecule has 0 radical (unpaired) electrons. The normalized spacial score (nSPS) is 29.9. The molecule has 168 valence electrons. The third kappa shape index (κ3) is 6.36. The summed E-state index contributed by atoms with van der Waals surface area (Å²) in [5.74, 6) is -3.68. The van der Waals surface area contributed by atoms with Gasteiger partial charge in [0.2, 0.25) is 11.8 Å². The molecule has 5 N–H and O–H groups in total. The second kappa shape index (κ2) is 10.7. The lowest BCUT2D eigenvalue weighted by atomic mass is 9.99. The van der Waals surface area contributed by atoms with Gasteiger partial charge in [0.25, 0.3) is 0 Å². The summed E-state index contributed by atoms with van der Waals surface area (Å²) in [6.07, 6.45) is 2.51. The number of nitrogens with zero attached hydrogens (tertiary/aromatic N) is 1. The number of carboxylic acids is 2. The van der Waals surface area contributed by atoms with Crippen molar-refractivity contribution in [2.24, 2.45) is 0 Å². The lowest BCUT2D eigenvalue weighted by molar-refractivity contribution is -0.155. The van der Waals surface area contributed by atoms with Crippen LogP contribution in [0.3, 0.4) is 0 Å². The number of aliphatic carboxylic acids is 2. The number of carboxylic acid groups (broad SMARTS) is 2. The molecule has 0 aliphatic carbocycles. The lowest BCUT2D eigenvalue weighted by Gasteiger charge is -2.39. The highest BCUT2D eigenvalue weighted by molar-refractivity contribution is 8.03. The Labute approximate surface area is 180 Å². The minimum Gasteiger partial charge on any atom is -0.480 e. The van der Waals surface area contributed by atoms with Gasteiger partial charge in [0.05, 0.1) is 0 Å². The molecule has 0 aromatic carbocycles. The fourth-order valence-electron chi connectivity index (χ4n) is 3.43. The van der Waals surface area contributed by atoms with Crippen LogP contribution in [0.15, 0.2) is 11.1 Å². The van der Waals surface area contributed by atoms with Crippen molar-refractivity contribution in [1.29, 1.82) is 0 Å². The minimum atomic E-state index is -1.72.